The highest BCUT2D eigenvalue weighted by atomic mass is 14.3. The van der Waals surface area contributed by atoms with Crippen LogP contribution in [0, 0.1) is 23.7 Å². The standard InChI is InChI=1S/C15H30B/c1-10(2)7-14-12(5)9-13(6)15(16-14)8-11(3)4/h10-15H,7-9H2,1-6H3. The lowest BCUT2D eigenvalue weighted by molar-refractivity contribution is 0.303. The van der Waals surface area contributed by atoms with Gasteiger partial charge in [-0.1, -0.05) is 66.0 Å². The molecule has 16 heavy (non-hydrogen) atoms. The Hall–Kier alpha value is 0.0649. The van der Waals surface area contributed by atoms with Crippen LogP contribution in [0.5, 0.6) is 0 Å². The third-order valence-electron chi connectivity index (χ3n) is 4.19. The Kier molecular flexibility index (Phi) is 5.40. The van der Waals surface area contributed by atoms with Crippen molar-refractivity contribution in [3.63, 3.8) is 0 Å². The maximum Gasteiger partial charge on any atom is 0.118 e. The molecular weight excluding hydrogens is 191 g/mol. The summed E-state index contributed by atoms with van der Waals surface area (Å²) in [5.74, 6) is 5.25. The molecule has 0 aromatic rings. The van der Waals surface area contributed by atoms with Gasteiger partial charge in [0.15, 0.2) is 0 Å². The largest absolute Gasteiger partial charge is 0.118 e. The molecule has 0 aromatic carbocycles. The van der Waals surface area contributed by atoms with Crippen LogP contribution < -0.4 is 0 Å². The van der Waals surface area contributed by atoms with E-state index >= 15 is 0 Å². The van der Waals surface area contributed by atoms with Gasteiger partial charge in [0.25, 0.3) is 0 Å². The van der Waals surface area contributed by atoms with Crippen molar-refractivity contribution in [1.82, 2.24) is 0 Å². The summed E-state index contributed by atoms with van der Waals surface area (Å²) < 4.78 is 0. The highest BCUT2D eigenvalue weighted by molar-refractivity contribution is 6.40. The SMILES string of the molecule is CC(C)CC1[B]C(CC(C)C)C(C)CC1C. The Morgan fingerprint density at radius 3 is 1.56 bits per heavy atom. The van der Waals surface area contributed by atoms with E-state index in [0.717, 1.165) is 35.3 Å². The van der Waals surface area contributed by atoms with E-state index in [0.29, 0.717) is 0 Å². The van der Waals surface area contributed by atoms with E-state index in [4.69, 9.17) is 0 Å². The minimum Gasteiger partial charge on any atom is -0.0658 e. The van der Waals surface area contributed by atoms with E-state index < -0.39 is 0 Å². The predicted molar refractivity (Wildman–Crippen MR) is 75.1 cm³/mol. The first-order chi connectivity index (χ1) is 7.40. The number of hydrogen-bond acceptors (Lipinski definition) is 0. The van der Waals surface area contributed by atoms with Crippen LogP contribution >= 0.6 is 0 Å². The van der Waals surface area contributed by atoms with Gasteiger partial charge in [0.2, 0.25) is 0 Å². The quantitative estimate of drug-likeness (QED) is 0.583. The van der Waals surface area contributed by atoms with E-state index in [1.54, 1.807) is 0 Å². The van der Waals surface area contributed by atoms with Crippen LogP contribution in [-0.2, 0) is 0 Å². The molecule has 93 valence electrons. The first-order valence-electron chi connectivity index (χ1n) is 7.25. The Bertz CT molecular complexity index is 178. The van der Waals surface area contributed by atoms with E-state index in [2.05, 4.69) is 48.8 Å². The van der Waals surface area contributed by atoms with Crippen LogP contribution in [0.3, 0.4) is 0 Å². The summed E-state index contributed by atoms with van der Waals surface area (Å²) in [5.41, 5.74) is 0. The summed E-state index contributed by atoms with van der Waals surface area (Å²) >= 11 is 0. The fraction of sp³-hybridized carbons (Fsp3) is 1.00. The van der Waals surface area contributed by atoms with Gasteiger partial charge in [-0.2, -0.15) is 0 Å². The number of rotatable bonds is 4. The Balaban J connectivity index is 2.54. The summed E-state index contributed by atoms with van der Waals surface area (Å²) in [6.45, 7) is 14.3. The summed E-state index contributed by atoms with van der Waals surface area (Å²) in [5, 5.41) is 0. The van der Waals surface area contributed by atoms with Crippen molar-refractivity contribution < 1.29 is 0 Å². The van der Waals surface area contributed by atoms with Crippen LogP contribution in [0.4, 0.5) is 0 Å². The van der Waals surface area contributed by atoms with Gasteiger partial charge >= 0.3 is 0 Å². The summed E-state index contributed by atoms with van der Waals surface area (Å²) in [7, 11) is 2.71. The second-order valence-corrected chi connectivity index (χ2v) is 6.97. The minimum atomic E-state index is 0.844. The van der Waals surface area contributed by atoms with E-state index in [1.165, 1.54) is 19.3 Å². The van der Waals surface area contributed by atoms with Crippen molar-refractivity contribution in [2.75, 3.05) is 0 Å². The minimum absolute atomic E-state index is 0.844. The molecule has 1 heteroatoms. The van der Waals surface area contributed by atoms with Gasteiger partial charge in [0.1, 0.15) is 7.28 Å². The van der Waals surface area contributed by atoms with Crippen LogP contribution in [0.25, 0.3) is 0 Å². The molecule has 0 spiro atoms. The highest BCUT2D eigenvalue weighted by Crippen LogP contribution is 2.44. The Morgan fingerprint density at radius 1 is 0.875 bits per heavy atom. The molecule has 1 saturated heterocycles. The Morgan fingerprint density at radius 2 is 1.25 bits per heavy atom. The fourth-order valence-electron chi connectivity index (χ4n) is 3.34. The molecule has 0 aromatic heterocycles. The average Bonchev–Trinajstić information content (AvgIpc) is 2.11. The smallest absolute Gasteiger partial charge is 0.0658 e. The summed E-state index contributed by atoms with van der Waals surface area (Å²) in [6, 6.07) is 0. The summed E-state index contributed by atoms with van der Waals surface area (Å²) in [6.07, 6.45) is 4.22. The number of hydrogen-bond donors (Lipinski definition) is 0. The van der Waals surface area contributed by atoms with Gasteiger partial charge in [-0.25, -0.2) is 0 Å². The molecule has 1 heterocycles. The lowest BCUT2D eigenvalue weighted by Crippen LogP contribution is -2.31. The fourth-order valence-corrected chi connectivity index (χ4v) is 3.34. The second kappa shape index (κ2) is 6.12. The van der Waals surface area contributed by atoms with Gasteiger partial charge in [0, 0.05) is 0 Å². The molecule has 0 saturated carbocycles. The van der Waals surface area contributed by atoms with Gasteiger partial charge in [0.05, 0.1) is 0 Å². The maximum atomic E-state index is 2.71. The second-order valence-electron chi connectivity index (χ2n) is 6.97. The van der Waals surface area contributed by atoms with Gasteiger partial charge < -0.3 is 0 Å². The molecule has 0 aliphatic carbocycles. The zero-order chi connectivity index (χ0) is 12.3. The molecule has 1 radical (unpaired) electrons. The van der Waals surface area contributed by atoms with Gasteiger partial charge in [-0.05, 0) is 30.1 Å². The molecule has 4 unspecified atom stereocenters. The third kappa shape index (κ3) is 4.15. The highest BCUT2D eigenvalue weighted by Gasteiger charge is 2.33. The molecule has 0 N–H and O–H groups in total. The molecule has 1 aliphatic heterocycles. The van der Waals surface area contributed by atoms with Crippen LogP contribution in [0.15, 0.2) is 0 Å². The molecule has 0 nitrogen and oxygen atoms in total. The average molecular weight is 221 g/mol. The van der Waals surface area contributed by atoms with E-state index in [1.807, 2.05) is 0 Å². The lowest BCUT2D eigenvalue weighted by Gasteiger charge is -2.40. The van der Waals surface area contributed by atoms with Crippen LogP contribution in [0.2, 0.25) is 11.6 Å². The predicted octanol–water partition coefficient (Wildman–Crippen LogP) is 5.04. The summed E-state index contributed by atoms with van der Waals surface area (Å²) in [4.78, 5) is 0. The third-order valence-corrected chi connectivity index (χ3v) is 4.19. The monoisotopic (exact) mass is 221 g/mol. The topological polar surface area (TPSA) is 0 Å². The molecular formula is C15H30B. The first kappa shape index (κ1) is 14.1. The normalized spacial score (nSPS) is 35.5. The Labute approximate surface area is 104 Å². The van der Waals surface area contributed by atoms with Crippen molar-refractivity contribution >= 4 is 7.28 Å². The molecule has 0 amide bonds. The molecule has 1 rings (SSSR count). The zero-order valence-corrected chi connectivity index (χ0v) is 12.2. The van der Waals surface area contributed by atoms with E-state index in [-0.39, 0.29) is 0 Å². The van der Waals surface area contributed by atoms with Crippen molar-refractivity contribution in [3.8, 4) is 0 Å². The molecule has 0 bridgehead atoms. The van der Waals surface area contributed by atoms with Crippen LogP contribution in [-0.4, -0.2) is 7.28 Å². The lowest BCUT2D eigenvalue weighted by atomic mass is 9.41. The van der Waals surface area contributed by atoms with Gasteiger partial charge in [-0.3, -0.25) is 0 Å². The first-order valence-corrected chi connectivity index (χ1v) is 7.25. The van der Waals surface area contributed by atoms with Crippen molar-refractivity contribution in [1.29, 1.82) is 0 Å². The van der Waals surface area contributed by atoms with Crippen molar-refractivity contribution in [2.45, 2.75) is 72.4 Å². The maximum absolute atomic E-state index is 2.71. The molecule has 1 aliphatic rings. The molecule has 4 atom stereocenters. The van der Waals surface area contributed by atoms with Crippen molar-refractivity contribution in [2.24, 2.45) is 23.7 Å². The van der Waals surface area contributed by atoms with Crippen LogP contribution in [0.1, 0.15) is 60.8 Å². The van der Waals surface area contributed by atoms with E-state index in [9.17, 15) is 0 Å². The molecule has 1 fully saturated rings. The van der Waals surface area contributed by atoms with Gasteiger partial charge in [-0.15, -0.1) is 0 Å². The zero-order valence-electron chi connectivity index (χ0n) is 12.2. The van der Waals surface area contributed by atoms with Crippen molar-refractivity contribution in [3.05, 3.63) is 0 Å².